The molecule has 2 aromatic carbocycles. The van der Waals surface area contributed by atoms with Crippen LogP contribution in [0.3, 0.4) is 0 Å². The van der Waals surface area contributed by atoms with Gasteiger partial charge in [-0.15, -0.1) is 0 Å². The summed E-state index contributed by atoms with van der Waals surface area (Å²) in [5, 5.41) is 4.74. The fourth-order valence-electron chi connectivity index (χ4n) is 3.48. The molecular weight excluding hydrogens is 461 g/mol. The summed E-state index contributed by atoms with van der Waals surface area (Å²) in [7, 11) is 0. The lowest BCUT2D eigenvalue weighted by Crippen LogP contribution is -2.30. The molecule has 0 spiro atoms. The van der Waals surface area contributed by atoms with Crippen LogP contribution < -0.4 is 14.8 Å². The summed E-state index contributed by atoms with van der Waals surface area (Å²) in [5.74, 6) is 1.45. The van der Waals surface area contributed by atoms with Crippen LogP contribution in [0.2, 0.25) is 10.0 Å². The highest BCUT2D eigenvalue weighted by atomic mass is 79.9. The molecule has 1 aliphatic rings. The van der Waals surface area contributed by atoms with Gasteiger partial charge in [-0.25, -0.2) is 0 Å². The number of hydrogen-bond acceptors (Lipinski definition) is 3. The molecule has 0 unspecified atom stereocenters. The van der Waals surface area contributed by atoms with Gasteiger partial charge in [-0.05, 0) is 71.1 Å². The van der Waals surface area contributed by atoms with Gasteiger partial charge in [-0.3, -0.25) is 0 Å². The topological polar surface area (TPSA) is 30.5 Å². The third kappa shape index (κ3) is 6.03. The normalized spacial score (nSPS) is 14.9. The van der Waals surface area contributed by atoms with Gasteiger partial charge in [0.1, 0.15) is 6.61 Å². The van der Waals surface area contributed by atoms with Gasteiger partial charge in [-0.2, -0.15) is 0 Å². The zero-order chi connectivity index (χ0) is 19.9. The van der Waals surface area contributed by atoms with Crippen LogP contribution in [0.5, 0.6) is 11.5 Å². The van der Waals surface area contributed by atoms with Crippen LogP contribution in [0.15, 0.2) is 34.8 Å². The number of nitrogens with one attached hydrogen (secondary N) is 1. The number of halogens is 3. The summed E-state index contributed by atoms with van der Waals surface area (Å²) in [4.78, 5) is 0. The largest absolute Gasteiger partial charge is 0.490 e. The molecular formula is C22H26BrCl2NO2. The van der Waals surface area contributed by atoms with Crippen LogP contribution in [-0.2, 0) is 13.2 Å². The molecule has 0 aliphatic heterocycles. The average Bonchev–Trinajstić information content (AvgIpc) is 2.69. The zero-order valence-corrected chi connectivity index (χ0v) is 19.2. The Morgan fingerprint density at radius 3 is 2.50 bits per heavy atom. The van der Waals surface area contributed by atoms with Crippen molar-refractivity contribution in [1.82, 2.24) is 5.32 Å². The molecule has 0 radical (unpaired) electrons. The molecule has 2 aromatic rings. The van der Waals surface area contributed by atoms with E-state index < -0.39 is 0 Å². The first-order valence-electron chi connectivity index (χ1n) is 9.82. The van der Waals surface area contributed by atoms with Crippen molar-refractivity contribution in [1.29, 1.82) is 0 Å². The van der Waals surface area contributed by atoms with Crippen molar-refractivity contribution in [3.05, 3.63) is 56.0 Å². The van der Waals surface area contributed by atoms with Gasteiger partial charge >= 0.3 is 0 Å². The molecule has 0 bridgehead atoms. The standard InChI is InChI=1S/C22H26BrCl2NO2/c1-2-27-21-12-16(13-26-17-6-4-3-5-7-17)10-18(23)22(21)28-14-15-8-9-19(24)20(25)11-15/h8-12,17,26H,2-7,13-14H2,1H3. The monoisotopic (exact) mass is 485 g/mol. The maximum atomic E-state index is 6.10. The van der Waals surface area contributed by atoms with Crippen LogP contribution in [-0.4, -0.2) is 12.6 Å². The molecule has 0 heterocycles. The van der Waals surface area contributed by atoms with Crippen molar-refractivity contribution in [3.63, 3.8) is 0 Å². The van der Waals surface area contributed by atoms with E-state index in [-0.39, 0.29) is 0 Å². The highest BCUT2D eigenvalue weighted by Gasteiger charge is 2.16. The first-order valence-corrected chi connectivity index (χ1v) is 11.4. The van der Waals surface area contributed by atoms with Gasteiger partial charge in [0.2, 0.25) is 0 Å². The second kappa shape index (κ2) is 10.7. The Bertz CT molecular complexity index is 794. The average molecular weight is 487 g/mol. The van der Waals surface area contributed by atoms with Gasteiger partial charge < -0.3 is 14.8 Å². The number of rotatable bonds is 8. The lowest BCUT2D eigenvalue weighted by molar-refractivity contribution is 0.267. The molecule has 0 atom stereocenters. The maximum absolute atomic E-state index is 6.10. The maximum Gasteiger partial charge on any atom is 0.175 e. The van der Waals surface area contributed by atoms with Crippen molar-refractivity contribution in [3.8, 4) is 11.5 Å². The Morgan fingerprint density at radius 1 is 1.00 bits per heavy atom. The van der Waals surface area contributed by atoms with Crippen molar-refractivity contribution in [2.24, 2.45) is 0 Å². The molecule has 1 fully saturated rings. The number of ether oxygens (including phenoxy) is 2. The molecule has 1 aliphatic carbocycles. The predicted octanol–water partition coefficient (Wildman–Crippen LogP) is 7.16. The fourth-order valence-corrected chi connectivity index (χ4v) is 4.40. The second-order valence-electron chi connectivity index (χ2n) is 7.09. The Labute approximate surface area is 185 Å². The zero-order valence-electron chi connectivity index (χ0n) is 16.1. The SMILES string of the molecule is CCOc1cc(CNC2CCCCC2)cc(Br)c1OCc1ccc(Cl)c(Cl)c1. The quantitative estimate of drug-likeness (QED) is 0.429. The van der Waals surface area contributed by atoms with E-state index in [1.54, 1.807) is 6.07 Å². The van der Waals surface area contributed by atoms with E-state index in [0.717, 1.165) is 22.3 Å². The Hall–Kier alpha value is -0.940. The van der Waals surface area contributed by atoms with E-state index in [1.807, 2.05) is 19.1 Å². The molecule has 0 aromatic heterocycles. The van der Waals surface area contributed by atoms with Crippen molar-refractivity contribution in [2.75, 3.05) is 6.61 Å². The molecule has 152 valence electrons. The highest BCUT2D eigenvalue weighted by molar-refractivity contribution is 9.10. The smallest absolute Gasteiger partial charge is 0.175 e. The van der Waals surface area contributed by atoms with E-state index in [0.29, 0.717) is 35.1 Å². The summed E-state index contributed by atoms with van der Waals surface area (Å²) in [5.41, 5.74) is 2.13. The van der Waals surface area contributed by atoms with Crippen molar-refractivity contribution >= 4 is 39.1 Å². The summed E-state index contributed by atoms with van der Waals surface area (Å²) >= 11 is 15.7. The van der Waals surface area contributed by atoms with Gasteiger partial charge in [0.15, 0.2) is 11.5 Å². The van der Waals surface area contributed by atoms with Crippen molar-refractivity contribution < 1.29 is 9.47 Å². The Morgan fingerprint density at radius 2 is 1.79 bits per heavy atom. The predicted molar refractivity (Wildman–Crippen MR) is 120 cm³/mol. The number of benzene rings is 2. The molecule has 1 saturated carbocycles. The van der Waals surface area contributed by atoms with Gasteiger partial charge in [0.05, 0.1) is 21.1 Å². The summed E-state index contributed by atoms with van der Waals surface area (Å²) in [6.45, 7) is 3.77. The van der Waals surface area contributed by atoms with Gasteiger partial charge in [0.25, 0.3) is 0 Å². The third-order valence-corrected chi connectivity index (χ3v) is 6.26. The molecule has 1 N–H and O–H groups in total. The van der Waals surface area contributed by atoms with Crippen LogP contribution in [0.1, 0.15) is 50.2 Å². The first kappa shape index (κ1) is 21.8. The molecule has 0 amide bonds. The first-order chi connectivity index (χ1) is 13.6. The molecule has 0 saturated heterocycles. The molecule has 3 rings (SSSR count). The highest BCUT2D eigenvalue weighted by Crippen LogP contribution is 2.38. The lowest BCUT2D eigenvalue weighted by Gasteiger charge is -2.23. The van der Waals surface area contributed by atoms with Gasteiger partial charge in [0, 0.05) is 12.6 Å². The van der Waals surface area contributed by atoms with Crippen LogP contribution >= 0.6 is 39.1 Å². The minimum atomic E-state index is 0.384. The van der Waals surface area contributed by atoms with Crippen LogP contribution in [0.25, 0.3) is 0 Å². The third-order valence-electron chi connectivity index (χ3n) is 4.94. The van der Waals surface area contributed by atoms with Gasteiger partial charge in [-0.1, -0.05) is 48.5 Å². The summed E-state index contributed by atoms with van der Waals surface area (Å²) < 4.78 is 12.8. The summed E-state index contributed by atoms with van der Waals surface area (Å²) in [6, 6.07) is 10.3. The summed E-state index contributed by atoms with van der Waals surface area (Å²) in [6.07, 6.45) is 6.55. The minimum absolute atomic E-state index is 0.384. The molecule has 28 heavy (non-hydrogen) atoms. The van der Waals surface area contributed by atoms with E-state index in [2.05, 4.69) is 33.4 Å². The van der Waals surface area contributed by atoms with E-state index in [9.17, 15) is 0 Å². The van der Waals surface area contributed by atoms with E-state index in [4.69, 9.17) is 32.7 Å². The molecule has 3 nitrogen and oxygen atoms in total. The van der Waals surface area contributed by atoms with Crippen molar-refractivity contribution in [2.45, 2.75) is 58.2 Å². The minimum Gasteiger partial charge on any atom is -0.490 e. The molecule has 6 heteroatoms. The number of hydrogen-bond donors (Lipinski definition) is 1. The second-order valence-corrected chi connectivity index (χ2v) is 8.76. The lowest BCUT2D eigenvalue weighted by atomic mass is 9.95. The van der Waals surface area contributed by atoms with Crippen LogP contribution in [0, 0.1) is 0 Å². The van der Waals surface area contributed by atoms with E-state index in [1.165, 1.54) is 37.7 Å². The fraction of sp³-hybridized carbons (Fsp3) is 0.455. The van der Waals surface area contributed by atoms with Crippen LogP contribution in [0.4, 0.5) is 0 Å². The Kier molecular flexibility index (Phi) is 8.34. The van der Waals surface area contributed by atoms with E-state index >= 15 is 0 Å². The Balaban J connectivity index is 1.69.